The molecule has 1 heterocycles. The number of hydrogen-bond donors (Lipinski definition) is 0. The van der Waals surface area contributed by atoms with Crippen molar-refractivity contribution in [3.05, 3.63) is 59.9 Å². The van der Waals surface area contributed by atoms with Crippen LogP contribution in [0.3, 0.4) is 0 Å². The summed E-state index contributed by atoms with van der Waals surface area (Å²) in [5.41, 5.74) is 1.72. The van der Waals surface area contributed by atoms with Crippen LogP contribution in [0.25, 0.3) is 0 Å². The second-order valence-corrected chi connectivity index (χ2v) is 4.98. The van der Waals surface area contributed by atoms with Gasteiger partial charge in [0, 0.05) is 12.2 Å². The lowest BCUT2D eigenvalue weighted by molar-refractivity contribution is -0.119. The Labute approximate surface area is 123 Å². The first-order valence-corrected chi connectivity index (χ1v) is 7.01. The van der Waals surface area contributed by atoms with Gasteiger partial charge in [-0.05, 0) is 42.3 Å². The number of rotatable bonds is 4. The highest BCUT2D eigenvalue weighted by molar-refractivity contribution is 5.95. The molecule has 3 nitrogen and oxygen atoms in total. The SMILES string of the molecule is O=C(CCOc1ccccc1)N1CCc2cc(F)ccc21. The van der Waals surface area contributed by atoms with Gasteiger partial charge in [0.25, 0.3) is 0 Å². The standard InChI is InChI=1S/C17H16FNO2/c18-14-6-7-16-13(12-14)8-10-19(16)17(20)9-11-21-15-4-2-1-3-5-15/h1-7,12H,8-11H2. The Balaban J connectivity index is 1.58. The molecular weight excluding hydrogens is 269 g/mol. The van der Waals surface area contributed by atoms with Gasteiger partial charge in [0.1, 0.15) is 11.6 Å². The van der Waals surface area contributed by atoms with Crippen molar-refractivity contribution >= 4 is 11.6 Å². The van der Waals surface area contributed by atoms with Crippen LogP contribution in [0.5, 0.6) is 5.75 Å². The monoisotopic (exact) mass is 285 g/mol. The second kappa shape index (κ2) is 5.95. The molecule has 2 aromatic carbocycles. The van der Waals surface area contributed by atoms with Crippen LogP contribution in [-0.2, 0) is 11.2 Å². The third-order valence-corrected chi connectivity index (χ3v) is 3.57. The van der Waals surface area contributed by atoms with E-state index in [1.54, 1.807) is 11.0 Å². The van der Waals surface area contributed by atoms with E-state index in [9.17, 15) is 9.18 Å². The number of hydrogen-bond acceptors (Lipinski definition) is 2. The van der Waals surface area contributed by atoms with Crippen molar-refractivity contribution in [1.29, 1.82) is 0 Å². The van der Waals surface area contributed by atoms with Gasteiger partial charge in [0.05, 0.1) is 13.0 Å². The maximum Gasteiger partial charge on any atom is 0.230 e. The van der Waals surface area contributed by atoms with E-state index in [4.69, 9.17) is 4.74 Å². The number of anilines is 1. The van der Waals surface area contributed by atoms with Crippen LogP contribution in [0.15, 0.2) is 48.5 Å². The summed E-state index contributed by atoms with van der Waals surface area (Å²) in [6, 6.07) is 14.0. The topological polar surface area (TPSA) is 29.5 Å². The Bertz CT molecular complexity index is 642. The third kappa shape index (κ3) is 3.05. The predicted molar refractivity (Wildman–Crippen MR) is 79.0 cm³/mol. The number of fused-ring (bicyclic) bond motifs is 1. The van der Waals surface area contributed by atoms with E-state index in [1.165, 1.54) is 12.1 Å². The minimum atomic E-state index is -0.254. The summed E-state index contributed by atoms with van der Waals surface area (Å²) in [7, 11) is 0. The zero-order valence-corrected chi connectivity index (χ0v) is 11.6. The van der Waals surface area contributed by atoms with E-state index >= 15 is 0 Å². The molecule has 0 N–H and O–H groups in total. The van der Waals surface area contributed by atoms with E-state index in [2.05, 4.69) is 0 Å². The summed E-state index contributed by atoms with van der Waals surface area (Å²) >= 11 is 0. The van der Waals surface area contributed by atoms with Crippen LogP contribution in [0.4, 0.5) is 10.1 Å². The number of carbonyl (C=O) groups is 1. The van der Waals surface area contributed by atoms with Gasteiger partial charge in [0.15, 0.2) is 0 Å². The van der Waals surface area contributed by atoms with Crippen molar-refractivity contribution in [2.24, 2.45) is 0 Å². The van der Waals surface area contributed by atoms with Crippen molar-refractivity contribution in [2.45, 2.75) is 12.8 Å². The van der Waals surface area contributed by atoms with Crippen molar-refractivity contribution in [3.63, 3.8) is 0 Å². The molecule has 0 radical (unpaired) electrons. The highest BCUT2D eigenvalue weighted by atomic mass is 19.1. The summed E-state index contributed by atoms with van der Waals surface area (Å²) in [5, 5.41) is 0. The fraction of sp³-hybridized carbons (Fsp3) is 0.235. The molecule has 0 fully saturated rings. The second-order valence-electron chi connectivity index (χ2n) is 4.98. The fourth-order valence-corrected chi connectivity index (χ4v) is 2.54. The van der Waals surface area contributed by atoms with Crippen LogP contribution < -0.4 is 9.64 Å². The molecule has 4 heteroatoms. The Hall–Kier alpha value is -2.36. The Morgan fingerprint density at radius 3 is 2.81 bits per heavy atom. The lowest BCUT2D eigenvalue weighted by Crippen LogP contribution is -2.30. The van der Waals surface area contributed by atoms with E-state index in [0.29, 0.717) is 26.0 Å². The van der Waals surface area contributed by atoms with Gasteiger partial charge < -0.3 is 9.64 Å². The minimum Gasteiger partial charge on any atom is -0.493 e. The predicted octanol–water partition coefficient (Wildman–Crippen LogP) is 3.18. The molecule has 0 aliphatic carbocycles. The molecule has 1 aliphatic heterocycles. The Morgan fingerprint density at radius 2 is 2.00 bits per heavy atom. The fourth-order valence-electron chi connectivity index (χ4n) is 2.54. The average Bonchev–Trinajstić information content (AvgIpc) is 2.91. The summed E-state index contributed by atoms with van der Waals surface area (Å²) in [5.74, 6) is 0.515. The van der Waals surface area contributed by atoms with Gasteiger partial charge in [-0.2, -0.15) is 0 Å². The van der Waals surface area contributed by atoms with Crippen molar-refractivity contribution in [3.8, 4) is 5.75 Å². The zero-order valence-electron chi connectivity index (χ0n) is 11.6. The maximum absolute atomic E-state index is 13.2. The largest absolute Gasteiger partial charge is 0.493 e. The van der Waals surface area contributed by atoms with Crippen LogP contribution in [-0.4, -0.2) is 19.1 Å². The van der Waals surface area contributed by atoms with Crippen LogP contribution in [0.1, 0.15) is 12.0 Å². The molecule has 0 bridgehead atoms. The molecule has 0 unspecified atom stereocenters. The van der Waals surface area contributed by atoms with Gasteiger partial charge in [-0.15, -0.1) is 0 Å². The molecule has 0 atom stereocenters. The molecule has 2 aromatic rings. The molecule has 1 aliphatic rings. The van der Waals surface area contributed by atoms with Crippen LogP contribution in [0, 0.1) is 5.82 Å². The Morgan fingerprint density at radius 1 is 1.19 bits per heavy atom. The van der Waals surface area contributed by atoms with Gasteiger partial charge in [-0.25, -0.2) is 4.39 Å². The lowest BCUT2D eigenvalue weighted by Gasteiger charge is -2.17. The zero-order chi connectivity index (χ0) is 14.7. The molecule has 0 saturated carbocycles. The van der Waals surface area contributed by atoms with E-state index in [0.717, 1.165) is 17.0 Å². The number of para-hydroxylation sites is 1. The van der Waals surface area contributed by atoms with Crippen molar-refractivity contribution in [1.82, 2.24) is 0 Å². The first-order chi connectivity index (χ1) is 10.2. The van der Waals surface area contributed by atoms with E-state index in [1.807, 2.05) is 30.3 Å². The first-order valence-electron chi connectivity index (χ1n) is 7.01. The molecule has 0 aromatic heterocycles. The molecule has 1 amide bonds. The molecule has 0 spiro atoms. The number of halogens is 1. The Kier molecular flexibility index (Phi) is 3.86. The molecule has 3 rings (SSSR count). The number of nitrogens with zero attached hydrogens (tertiary/aromatic N) is 1. The normalized spacial score (nSPS) is 13.1. The summed E-state index contributed by atoms with van der Waals surface area (Å²) in [6.45, 7) is 0.957. The van der Waals surface area contributed by atoms with Crippen molar-refractivity contribution < 1.29 is 13.9 Å². The number of carbonyl (C=O) groups excluding carboxylic acids is 1. The summed E-state index contributed by atoms with van der Waals surface area (Å²) < 4.78 is 18.7. The van der Waals surface area contributed by atoms with Gasteiger partial charge in [0.2, 0.25) is 5.91 Å². The van der Waals surface area contributed by atoms with Gasteiger partial charge >= 0.3 is 0 Å². The average molecular weight is 285 g/mol. The van der Waals surface area contributed by atoms with Crippen LogP contribution >= 0.6 is 0 Å². The summed E-state index contributed by atoms with van der Waals surface area (Å²) in [4.78, 5) is 13.9. The van der Waals surface area contributed by atoms with E-state index < -0.39 is 0 Å². The van der Waals surface area contributed by atoms with Gasteiger partial charge in [-0.1, -0.05) is 18.2 Å². The first kappa shape index (κ1) is 13.6. The number of ether oxygens (including phenoxy) is 1. The van der Waals surface area contributed by atoms with Crippen LogP contribution in [0.2, 0.25) is 0 Å². The summed E-state index contributed by atoms with van der Waals surface area (Å²) in [6.07, 6.45) is 1.02. The number of amides is 1. The quantitative estimate of drug-likeness (QED) is 0.863. The molecular formula is C17H16FNO2. The lowest BCUT2D eigenvalue weighted by atomic mass is 10.1. The highest BCUT2D eigenvalue weighted by Gasteiger charge is 2.24. The molecule has 21 heavy (non-hydrogen) atoms. The molecule has 0 saturated heterocycles. The highest BCUT2D eigenvalue weighted by Crippen LogP contribution is 2.28. The number of benzene rings is 2. The molecule has 108 valence electrons. The van der Waals surface area contributed by atoms with Gasteiger partial charge in [-0.3, -0.25) is 4.79 Å². The van der Waals surface area contributed by atoms with Crippen molar-refractivity contribution in [2.75, 3.05) is 18.1 Å². The maximum atomic E-state index is 13.2. The minimum absolute atomic E-state index is 0.0105. The van der Waals surface area contributed by atoms with E-state index in [-0.39, 0.29) is 11.7 Å². The smallest absolute Gasteiger partial charge is 0.230 e. The third-order valence-electron chi connectivity index (χ3n) is 3.57.